The molecule has 2 aliphatic rings. The summed E-state index contributed by atoms with van der Waals surface area (Å²) in [5.74, 6) is 0. The first-order valence-corrected chi connectivity index (χ1v) is 7.47. The van der Waals surface area contributed by atoms with E-state index in [4.69, 9.17) is 0 Å². The smallest absolute Gasteiger partial charge is 0.279 e. The molecule has 2 rings (SSSR count). The Morgan fingerprint density at radius 3 is 2.62 bits per heavy atom. The summed E-state index contributed by atoms with van der Waals surface area (Å²) in [6.45, 7) is 5.70. The van der Waals surface area contributed by atoms with Gasteiger partial charge in [0.2, 0.25) is 0 Å². The Labute approximate surface area is 97.8 Å². The summed E-state index contributed by atoms with van der Waals surface area (Å²) in [6.07, 6.45) is 3.22. The van der Waals surface area contributed by atoms with Gasteiger partial charge in [-0.05, 0) is 37.8 Å². The van der Waals surface area contributed by atoms with Gasteiger partial charge in [-0.15, -0.1) is 0 Å². The molecule has 0 bridgehead atoms. The molecule has 0 amide bonds. The van der Waals surface area contributed by atoms with E-state index in [1.807, 2.05) is 6.92 Å². The van der Waals surface area contributed by atoms with Crippen LogP contribution in [0.5, 0.6) is 0 Å². The number of piperidine rings is 1. The van der Waals surface area contributed by atoms with E-state index < -0.39 is 10.2 Å². The third kappa shape index (κ3) is 2.40. The van der Waals surface area contributed by atoms with E-state index in [1.54, 1.807) is 4.31 Å². The molecule has 0 saturated carbocycles. The Balaban J connectivity index is 2.02. The van der Waals surface area contributed by atoms with E-state index in [1.165, 1.54) is 0 Å². The Morgan fingerprint density at radius 2 is 2.00 bits per heavy atom. The molecule has 0 atom stereocenters. The van der Waals surface area contributed by atoms with E-state index in [-0.39, 0.29) is 5.41 Å². The quantitative estimate of drug-likeness (QED) is 0.733. The van der Waals surface area contributed by atoms with Crippen molar-refractivity contribution in [1.82, 2.24) is 14.3 Å². The van der Waals surface area contributed by atoms with Crippen LogP contribution in [0.15, 0.2) is 0 Å². The Morgan fingerprint density at radius 1 is 1.31 bits per heavy atom. The number of nitrogens with one attached hydrogen (secondary N) is 2. The first-order valence-electron chi connectivity index (χ1n) is 6.03. The summed E-state index contributed by atoms with van der Waals surface area (Å²) in [7, 11) is -3.22. The normalized spacial score (nSPS) is 26.3. The zero-order valence-electron chi connectivity index (χ0n) is 9.83. The van der Waals surface area contributed by atoms with Gasteiger partial charge in [-0.2, -0.15) is 12.7 Å². The summed E-state index contributed by atoms with van der Waals surface area (Å²) in [5, 5.41) is 3.33. The van der Waals surface area contributed by atoms with Crippen LogP contribution < -0.4 is 10.0 Å². The van der Waals surface area contributed by atoms with Gasteiger partial charge in [0.1, 0.15) is 0 Å². The van der Waals surface area contributed by atoms with Gasteiger partial charge >= 0.3 is 0 Å². The predicted octanol–water partition coefficient (Wildman–Crippen LogP) is -0.0838. The molecule has 2 saturated heterocycles. The van der Waals surface area contributed by atoms with E-state index >= 15 is 0 Å². The van der Waals surface area contributed by atoms with Crippen molar-refractivity contribution >= 4 is 10.2 Å². The SMILES string of the molecule is CCNS(=O)(=O)N1CCC2(CCNCC2)C1. The summed E-state index contributed by atoms with van der Waals surface area (Å²) in [6, 6.07) is 0. The third-order valence-electron chi connectivity index (χ3n) is 3.73. The van der Waals surface area contributed by atoms with Gasteiger partial charge in [0, 0.05) is 19.6 Å². The van der Waals surface area contributed by atoms with Crippen molar-refractivity contribution in [1.29, 1.82) is 0 Å². The number of hydrogen-bond acceptors (Lipinski definition) is 3. The maximum atomic E-state index is 11.9. The molecule has 1 spiro atoms. The first kappa shape index (κ1) is 12.3. The number of nitrogens with zero attached hydrogens (tertiary/aromatic N) is 1. The second-order valence-electron chi connectivity index (χ2n) is 4.84. The molecule has 0 aliphatic carbocycles. The Hall–Kier alpha value is -0.170. The van der Waals surface area contributed by atoms with Crippen LogP contribution in [0.2, 0.25) is 0 Å². The molecule has 2 aliphatic heterocycles. The van der Waals surface area contributed by atoms with Crippen LogP contribution in [0, 0.1) is 5.41 Å². The highest BCUT2D eigenvalue weighted by Crippen LogP contribution is 2.39. The van der Waals surface area contributed by atoms with Crippen LogP contribution >= 0.6 is 0 Å². The Bertz CT molecular complexity index is 336. The van der Waals surface area contributed by atoms with Gasteiger partial charge in [0.05, 0.1) is 0 Å². The fourth-order valence-corrected chi connectivity index (χ4v) is 4.06. The van der Waals surface area contributed by atoms with Gasteiger partial charge in [-0.25, -0.2) is 4.72 Å². The molecule has 0 unspecified atom stereocenters. The number of rotatable bonds is 3. The van der Waals surface area contributed by atoms with Crippen LogP contribution in [0.3, 0.4) is 0 Å². The van der Waals surface area contributed by atoms with Crippen LogP contribution in [0.25, 0.3) is 0 Å². The molecule has 94 valence electrons. The van der Waals surface area contributed by atoms with E-state index in [0.29, 0.717) is 19.6 Å². The molecule has 0 aromatic heterocycles. The van der Waals surface area contributed by atoms with Gasteiger partial charge in [0.15, 0.2) is 0 Å². The second-order valence-corrected chi connectivity index (χ2v) is 6.59. The molecule has 2 fully saturated rings. The predicted molar refractivity (Wildman–Crippen MR) is 63.3 cm³/mol. The lowest BCUT2D eigenvalue weighted by Gasteiger charge is -2.33. The van der Waals surface area contributed by atoms with Crippen molar-refractivity contribution in [2.75, 3.05) is 32.7 Å². The van der Waals surface area contributed by atoms with Crippen molar-refractivity contribution in [2.24, 2.45) is 5.41 Å². The maximum Gasteiger partial charge on any atom is 0.279 e. The highest BCUT2D eigenvalue weighted by molar-refractivity contribution is 7.87. The van der Waals surface area contributed by atoms with Crippen molar-refractivity contribution in [3.05, 3.63) is 0 Å². The topological polar surface area (TPSA) is 61.4 Å². The van der Waals surface area contributed by atoms with Gasteiger partial charge in [-0.3, -0.25) is 0 Å². The lowest BCUT2D eigenvalue weighted by Crippen LogP contribution is -2.43. The minimum Gasteiger partial charge on any atom is -0.317 e. The molecule has 6 heteroatoms. The Kier molecular flexibility index (Phi) is 3.53. The van der Waals surface area contributed by atoms with Crippen LogP contribution in [0.1, 0.15) is 26.2 Å². The van der Waals surface area contributed by atoms with E-state index in [0.717, 1.165) is 32.4 Å². The largest absolute Gasteiger partial charge is 0.317 e. The van der Waals surface area contributed by atoms with Crippen LogP contribution in [-0.4, -0.2) is 45.4 Å². The molecule has 2 N–H and O–H groups in total. The molecule has 0 radical (unpaired) electrons. The van der Waals surface area contributed by atoms with Crippen molar-refractivity contribution in [2.45, 2.75) is 26.2 Å². The van der Waals surface area contributed by atoms with Crippen LogP contribution in [0.4, 0.5) is 0 Å². The molecule has 0 aromatic carbocycles. The molecular weight excluding hydrogens is 226 g/mol. The maximum absolute atomic E-state index is 11.9. The average molecular weight is 247 g/mol. The average Bonchev–Trinajstić information content (AvgIpc) is 2.64. The second kappa shape index (κ2) is 4.60. The van der Waals surface area contributed by atoms with E-state index in [2.05, 4.69) is 10.0 Å². The minimum absolute atomic E-state index is 0.244. The minimum atomic E-state index is -3.22. The third-order valence-corrected chi connectivity index (χ3v) is 5.38. The fraction of sp³-hybridized carbons (Fsp3) is 1.00. The summed E-state index contributed by atoms with van der Waals surface area (Å²) >= 11 is 0. The van der Waals surface area contributed by atoms with Gasteiger partial charge in [0.25, 0.3) is 10.2 Å². The molecule has 2 heterocycles. The molecule has 0 aromatic rings. The number of hydrogen-bond donors (Lipinski definition) is 2. The first-order chi connectivity index (χ1) is 7.58. The summed E-state index contributed by atoms with van der Waals surface area (Å²) in [4.78, 5) is 0. The fourth-order valence-electron chi connectivity index (χ4n) is 2.74. The highest BCUT2D eigenvalue weighted by Gasteiger charge is 2.42. The zero-order valence-corrected chi connectivity index (χ0v) is 10.6. The van der Waals surface area contributed by atoms with E-state index in [9.17, 15) is 8.42 Å². The molecule has 5 nitrogen and oxygen atoms in total. The lowest BCUT2D eigenvalue weighted by molar-refractivity contribution is 0.218. The van der Waals surface area contributed by atoms with Gasteiger partial charge in [-0.1, -0.05) is 6.92 Å². The van der Waals surface area contributed by atoms with Crippen molar-refractivity contribution in [3.63, 3.8) is 0 Å². The molecule has 16 heavy (non-hydrogen) atoms. The lowest BCUT2D eigenvalue weighted by atomic mass is 9.78. The summed E-state index contributed by atoms with van der Waals surface area (Å²) < 4.78 is 27.9. The highest BCUT2D eigenvalue weighted by atomic mass is 32.2. The summed E-state index contributed by atoms with van der Waals surface area (Å²) in [5.41, 5.74) is 0.244. The standard InChI is InChI=1S/C10H21N3O2S/c1-2-12-16(14,15)13-8-5-10(9-13)3-6-11-7-4-10/h11-12H,2-9H2,1H3. The zero-order chi connectivity index (χ0) is 11.6. The van der Waals surface area contributed by atoms with Crippen molar-refractivity contribution < 1.29 is 8.42 Å². The van der Waals surface area contributed by atoms with Gasteiger partial charge < -0.3 is 5.32 Å². The van der Waals surface area contributed by atoms with Crippen LogP contribution in [-0.2, 0) is 10.2 Å². The molecular formula is C10H21N3O2S. The van der Waals surface area contributed by atoms with Crippen molar-refractivity contribution in [3.8, 4) is 0 Å². The monoisotopic (exact) mass is 247 g/mol.